The van der Waals surface area contributed by atoms with Crippen LogP contribution in [-0.2, 0) is 29.4 Å². The second kappa shape index (κ2) is 10.3. The van der Waals surface area contributed by atoms with Gasteiger partial charge in [0.2, 0.25) is 0 Å². The predicted molar refractivity (Wildman–Crippen MR) is 120 cm³/mol. The number of benzene rings is 1. The van der Waals surface area contributed by atoms with Crippen molar-refractivity contribution in [3.05, 3.63) is 35.9 Å². The van der Waals surface area contributed by atoms with Crippen LogP contribution in [0.1, 0.15) is 52.0 Å². The minimum atomic E-state index is -5.00. The van der Waals surface area contributed by atoms with Crippen molar-refractivity contribution in [1.29, 1.82) is 0 Å². The lowest BCUT2D eigenvalue weighted by Gasteiger charge is -2.35. The summed E-state index contributed by atoms with van der Waals surface area (Å²) in [7, 11) is 2.26. The Balaban J connectivity index is 1.88. The molecule has 0 aliphatic heterocycles. The fourth-order valence-corrected chi connectivity index (χ4v) is 6.23. The first-order chi connectivity index (χ1) is 16.0. The van der Waals surface area contributed by atoms with Crippen molar-refractivity contribution in [3.8, 4) is 0 Å². The average Bonchev–Trinajstić information content (AvgIpc) is 2.98. The summed E-state index contributed by atoms with van der Waals surface area (Å²) in [5.74, 6) is -1.45. The molecular formula is C26H35F3O5. The SMILES string of the molecule is COC(=O)[C@H](C)[C@H]1CC[C@H](C)[C@H]2[C@@H](C1)[C@@H](C)C[C@H]2OC(=O)[C@](OC)(c1ccccc1)C(F)(F)F. The van der Waals surface area contributed by atoms with Crippen molar-refractivity contribution < 1.29 is 37.0 Å². The topological polar surface area (TPSA) is 61.8 Å². The fourth-order valence-electron chi connectivity index (χ4n) is 6.23. The van der Waals surface area contributed by atoms with E-state index in [2.05, 4.69) is 6.92 Å². The van der Waals surface area contributed by atoms with Crippen LogP contribution in [0.25, 0.3) is 0 Å². The molecule has 0 bridgehead atoms. The van der Waals surface area contributed by atoms with E-state index < -0.39 is 23.9 Å². The van der Waals surface area contributed by atoms with E-state index >= 15 is 0 Å². The summed E-state index contributed by atoms with van der Waals surface area (Å²) in [6.07, 6.45) is -2.77. The number of hydrogen-bond acceptors (Lipinski definition) is 5. The number of rotatable bonds is 6. The maximum atomic E-state index is 14.3. The molecule has 0 N–H and O–H groups in total. The normalized spacial score (nSPS) is 32.1. The highest BCUT2D eigenvalue weighted by Gasteiger charge is 2.65. The van der Waals surface area contributed by atoms with Gasteiger partial charge in [-0.05, 0) is 42.9 Å². The average molecular weight is 485 g/mol. The number of esters is 2. The molecule has 2 aliphatic carbocycles. The van der Waals surface area contributed by atoms with Gasteiger partial charge in [0.05, 0.1) is 13.0 Å². The van der Waals surface area contributed by atoms with Gasteiger partial charge in [0.25, 0.3) is 5.60 Å². The molecule has 0 radical (unpaired) electrons. The monoisotopic (exact) mass is 484 g/mol. The summed E-state index contributed by atoms with van der Waals surface area (Å²) in [5.41, 5.74) is -3.50. The van der Waals surface area contributed by atoms with Crippen LogP contribution in [0, 0.1) is 35.5 Å². The Kier molecular flexibility index (Phi) is 8.00. The highest BCUT2D eigenvalue weighted by Crippen LogP contribution is 2.52. The number of halogens is 3. The predicted octanol–water partition coefficient (Wildman–Crippen LogP) is 5.52. The van der Waals surface area contributed by atoms with E-state index in [1.165, 1.54) is 31.4 Å². The molecule has 0 heterocycles. The summed E-state index contributed by atoms with van der Waals surface area (Å²) in [5, 5.41) is 0. The van der Waals surface area contributed by atoms with E-state index in [9.17, 15) is 22.8 Å². The third kappa shape index (κ3) is 4.70. The number of carbonyl (C=O) groups excluding carboxylic acids is 2. The molecule has 8 atom stereocenters. The highest BCUT2D eigenvalue weighted by molar-refractivity contribution is 5.83. The van der Waals surface area contributed by atoms with E-state index in [0.29, 0.717) is 6.42 Å². The lowest BCUT2D eigenvalue weighted by Crippen LogP contribution is -2.53. The Hall–Kier alpha value is -2.09. The lowest BCUT2D eigenvalue weighted by molar-refractivity contribution is -0.279. The zero-order valence-electron chi connectivity index (χ0n) is 20.4. The Morgan fingerprint density at radius 2 is 1.65 bits per heavy atom. The Morgan fingerprint density at radius 1 is 1.00 bits per heavy atom. The number of alkyl halides is 3. The van der Waals surface area contributed by atoms with Crippen molar-refractivity contribution in [2.24, 2.45) is 35.5 Å². The number of fused-ring (bicyclic) bond motifs is 1. The Morgan fingerprint density at radius 3 is 2.21 bits per heavy atom. The van der Waals surface area contributed by atoms with Crippen LogP contribution in [0.3, 0.4) is 0 Å². The van der Waals surface area contributed by atoms with Gasteiger partial charge in [0.15, 0.2) is 0 Å². The van der Waals surface area contributed by atoms with Crippen LogP contribution in [0.2, 0.25) is 0 Å². The molecule has 0 saturated heterocycles. The quantitative estimate of drug-likeness (QED) is 0.498. The first-order valence-electron chi connectivity index (χ1n) is 11.9. The summed E-state index contributed by atoms with van der Waals surface area (Å²) in [4.78, 5) is 25.4. The standard InChI is InChI=1S/C26H35F3O5/c1-15-11-12-18(17(3)23(30)32-4)14-20-16(2)13-21(22(15)20)34-24(31)25(33-5,26(27,28)29)19-9-7-6-8-10-19/h6-10,15-18,20-22H,11-14H2,1-5H3/t15-,16-,17+,18-,20-,21+,22-,25+/m0/s1. The van der Waals surface area contributed by atoms with Crippen molar-refractivity contribution in [2.45, 2.75) is 64.3 Å². The molecule has 190 valence electrons. The largest absolute Gasteiger partial charge is 0.469 e. The van der Waals surface area contributed by atoms with E-state index in [4.69, 9.17) is 14.2 Å². The molecule has 0 unspecified atom stereocenters. The second-order valence-corrected chi connectivity index (χ2v) is 10.0. The third-order valence-corrected chi connectivity index (χ3v) is 8.20. The van der Waals surface area contributed by atoms with Gasteiger partial charge >= 0.3 is 18.1 Å². The molecule has 8 heteroatoms. The lowest BCUT2D eigenvalue weighted by atomic mass is 9.78. The molecule has 3 rings (SSSR count). The van der Waals surface area contributed by atoms with E-state index in [0.717, 1.165) is 26.4 Å². The molecule has 0 aromatic heterocycles. The molecule has 2 saturated carbocycles. The van der Waals surface area contributed by atoms with Crippen molar-refractivity contribution in [1.82, 2.24) is 0 Å². The summed E-state index contributed by atoms with van der Waals surface area (Å²) >= 11 is 0. The molecule has 0 spiro atoms. The number of methoxy groups -OCH3 is 2. The molecule has 2 fully saturated rings. The molecular weight excluding hydrogens is 449 g/mol. The first kappa shape index (κ1) is 26.5. The van der Waals surface area contributed by atoms with Gasteiger partial charge in [-0.1, -0.05) is 57.5 Å². The second-order valence-electron chi connectivity index (χ2n) is 10.0. The van der Waals surface area contributed by atoms with Gasteiger partial charge in [0.1, 0.15) is 6.10 Å². The molecule has 1 aromatic rings. The smallest absolute Gasteiger partial charge is 0.432 e. The van der Waals surface area contributed by atoms with Gasteiger partial charge in [-0.2, -0.15) is 13.2 Å². The maximum absolute atomic E-state index is 14.3. The maximum Gasteiger partial charge on any atom is 0.432 e. The zero-order chi connectivity index (χ0) is 25.3. The highest BCUT2D eigenvalue weighted by atomic mass is 19.4. The number of carbonyl (C=O) groups is 2. The van der Waals surface area contributed by atoms with Crippen LogP contribution in [0.15, 0.2) is 30.3 Å². The van der Waals surface area contributed by atoms with E-state index in [1.54, 1.807) is 6.07 Å². The van der Waals surface area contributed by atoms with Crippen LogP contribution in [0.4, 0.5) is 13.2 Å². The van der Waals surface area contributed by atoms with Gasteiger partial charge in [0, 0.05) is 18.6 Å². The van der Waals surface area contributed by atoms with E-state index in [1.807, 2.05) is 13.8 Å². The van der Waals surface area contributed by atoms with Gasteiger partial charge in [-0.25, -0.2) is 4.79 Å². The van der Waals surface area contributed by atoms with Crippen molar-refractivity contribution in [3.63, 3.8) is 0 Å². The number of ether oxygens (including phenoxy) is 3. The van der Waals surface area contributed by atoms with Crippen molar-refractivity contribution >= 4 is 11.9 Å². The number of hydrogen-bond donors (Lipinski definition) is 0. The van der Waals surface area contributed by atoms with Crippen LogP contribution in [-0.4, -0.2) is 38.4 Å². The zero-order valence-corrected chi connectivity index (χ0v) is 20.4. The van der Waals surface area contributed by atoms with Crippen molar-refractivity contribution in [2.75, 3.05) is 14.2 Å². The minimum Gasteiger partial charge on any atom is -0.469 e. The molecule has 1 aromatic carbocycles. The summed E-state index contributed by atoms with van der Waals surface area (Å²) < 4.78 is 58.5. The first-order valence-corrected chi connectivity index (χ1v) is 11.9. The van der Waals surface area contributed by atoms with Gasteiger partial charge < -0.3 is 14.2 Å². The fraction of sp³-hybridized carbons (Fsp3) is 0.692. The van der Waals surface area contributed by atoms with Crippen LogP contribution >= 0.6 is 0 Å². The van der Waals surface area contributed by atoms with Crippen LogP contribution in [0.5, 0.6) is 0 Å². The summed E-state index contributed by atoms with van der Waals surface area (Å²) in [6, 6.07) is 6.90. The van der Waals surface area contributed by atoms with Gasteiger partial charge in [-0.3, -0.25) is 4.79 Å². The minimum absolute atomic E-state index is 0.0765. The Bertz CT molecular complexity index is 858. The molecule has 0 amide bonds. The molecule has 5 nitrogen and oxygen atoms in total. The van der Waals surface area contributed by atoms with Crippen LogP contribution < -0.4 is 0 Å². The van der Waals surface area contributed by atoms with E-state index in [-0.39, 0.29) is 47.0 Å². The van der Waals surface area contributed by atoms with Gasteiger partial charge in [-0.15, -0.1) is 0 Å². The third-order valence-electron chi connectivity index (χ3n) is 8.20. The summed E-state index contributed by atoms with van der Waals surface area (Å²) in [6.45, 7) is 5.98. The molecule has 2 aliphatic rings. The Labute approximate surface area is 199 Å². The molecule has 34 heavy (non-hydrogen) atoms.